The number of aryl methyl sites for hydroxylation is 1. The smallest absolute Gasteiger partial charge is 0.170 e. The van der Waals surface area contributed by atoms with E-state index in [0.717, 1.165) is 15.6 Å². The number of hydrogen-bond donors (Lipinski definition) is 1. The normalized spacial score (nSPS) is 10.9. The number of nitrogens with two attached hydrogens (primary N) is 1. The molecule has 3 rings (SSSR count). The lowest BCUT2D eigenvalue weighted by Crippen LogP contribution is -2.06. The van der Waals surface area contributed by atoms with Crippen molar-refractivity contribution in [3.8, 4) is 5.75 Å². The van der Waals surface area contributed by atoms with E-state index in [1.54, 1.807) is 10.9 Å². The predicted octanol–water partition coefficient (Wildman–Crippen LogP) is 2.29. The second kappa shape index (κ2) is 5.09. The Morgan fingerprint density at radius 1 is 1.30 bits per heavy atom. The highest BCUT2D eigenvalue weighted by Gasteiger charge is 2.10. The van der Waals surface area contributed by atoms with E-state index in [1.807, 2.05) is 31.3 Å². The quantitative estimate of drug-likeness (QED) is 0.795. The van der Waals surface area contributed by atoms with Crippen LogP contribution in [0, 0.1) is 0 Å². The summed E-state index contributed by atoms with van der Waals surface area (Å²) in [5, 5.41) is 4.86. The first-order valence-corrected chi connectivity index (χ1v) is 6.76. The standard InChI is InChI=1S/C13H12BrN5O/c1-19-13-8(6-16-19)12(15)17-11(18-13)7-20-10-5-3-2-4-9(10)14/h2-6H,7H2,1H3,(H2,15,17,18). The molecule has 0 unspecified atom stereocenters. The fourth-order valence-corrected chi connectivity index (χ4v) is 2.26. The molecule has 0 fully saturated rings. The van der Waals surface area contributed by atoms with Gasteiger partial charge in [-0.15, -0.1) is 0 Å². The number of benzene rings is 1. The van der Waals surface area contributed by atoms with Gasteiger partial charge in [0, 0.05) is 7.05 Å². The van der Waals surface area contributed by atoms with Gasteiger partial charge in [-0.25, -0.2) is 9.97 Å². The number of nitrogens with zero attached hydrogens (tertiary/aromatic N) is 4. The van der Waals surface area contributed by atoms with Crippen molar-refractivity contribution in [1.29, 1.82) is 0 Å². The summed E-state index contributed by atoms with van der Waals surface area (Å²) in [5.74, 6) is 1.67. The predicted molar refractivity (Wildman–Crippen MR) is 79.2 cm³/mol. The number of para-hydroxylation sites is 1. The molecule has 0 radical (unpaired) electrons. The van der Waals surface area contributed by atoms with Crippen LogP contribution in [0.5, 0.6) is 5.75 Å². The third-order valence-corrected chi connectivity index (χ3v) is 3.52. The van der Waals surface area contributed by atoms with Gasteiger partial charge in [0.05, 0.1) is 16.1 Å². The van der Waals surface area contributed by atoms with Crippen LogP contribution in [0.1, 0.15) is 5.82 Å². The Balaban J connectivity index is 1.88. The minimum Gasteiger partial charge on any atom is -0.484 e. The van der Waals surface area contributed by atoms with E-state index < -0.39 is 0 Å². The molecule has 102 valence electrons. The summed E-state index contributed by atoms with van der Waals surface area (Å²) in [7, 11) is 1.81. The number of nitrogen functional groups attached to an aromatic ring is 1. The van der Waals surface area contributed by atoms with Crippen LogP contribution in [0.4, 0.5) is 5.82 Å². The Morgan fingerprint density at radius 3 is 2.90 bits per heavy atom. The first kappa shape index (κ1) is 12.9. The first-order valence-electron chi connectivity index (χ1n) is 5.96. The minimum atomic E-state index is 0.244. The maximum atomic E-state index is 5.90. The molecule has 0 aliphatic rings. The van der Waals surface area contributed by atoms with Crippen molar-refractivity contribution in [3.05, 3.63) is 40.8 Å². The molecule has 0 atom stereocenters. The van der Waals surface area contributed by atoms with Crippen LogP contribution in [-0.4, -0.2) is 19.7 Å². The zero-order chi connectivity index (χ0) is 14.1. The molecular weight excluding hydrogens is 322 g/mol. The van der Waals surface area contributed by atoms with Crippen molar-refractivity contribution in [2.24, 2.45) is 7.05 Å². The molecule has 3 aromatic rings. The lowest BCUT2D eigenvalue weighted by atomic mass is 10.3. The molecule has 2 heterocycles. The molecule has 0 spiro atoms. The number of hydrogen-bond acceptors (Lipinski definition) is 5. The van der Waals surface area contributed by atoms with Crippen LogP contribution < -0.4 is 10.5 Å². The van der Waals surface area contributed by atoms with Gasteiger partial charge in [-0.2, -0.15) is 5.10 Å². The van der Waals surface area contributed by atoms with Crippen LogP contribution in [0.25, 0.3) is 11.0 Å². The Kier molecular flexibility index (Phi) is 3.27. The summed E-state index contributed by atoms with van der Waals surface area (Å²) < 4.78 is 8.23. The summed E-state index contributed by atoms with van der Waals surface area (Å²) in [4.78, 5) is 8.64. The van der Waals surface area contributed by atoms with E-state index >= 15 is 0 Å². The number of anilines is 1. The Labute approximate surface area is 123 Å². The zero-order valence-corrected chi connectivity index (χ0v) is 12.3. The van der Waals surface area contributed by atoms with E-state index in [9.17, 15) is 0 Å². The molecule has 20 heavy (non-hydrogen) atoms. The molecule has 1 aromatic carbocycles. The molecule has 0 saturated heterocycles. The van der Waals surface area contributed by atoms with E-state index in [-0.39, 0.29) is 6.61 Å². The summed E-state index contributed by atoms with van der Waals surface area (Å²) in [6.07, 6.45) is 1.66. The summed E-state index contributed by atoms with van der Waals surface area (Å²) in [5.41, 5.74) is 6.60. The topological polar surface area (TPSA) is 78.9 Å². The van der Waals surface area contributed by atoms with Crippen molar-refractivity contribution < 1.29 is 4.74 Å². The van der Waals surface area contributed by atoms with E-state index in [0.29, 0.717) is 17.3 Å². The molecule has 6 nitrogen and oxygen atoms in total. The third-order valence-electron chi connectivity index (χ3n) is 2.86. The Hall–Kier alpha value is -2.15. The monoisotopic (exact) mass is 333 g/mol. The van der Waals surface area contributed by atoms with Crippen molar-refractivity contribution in [3.63, 3.8) is 0 Å². The first-order chi connectivity index (χ1) is 9.65. The molecule has 0 bridgehead atoms. The van der Waals surface area contributed by atoms with Gasteiger partial charge >= 0.3 is 0 Å². The van der Waals surface area contributed by atoms with Gasteiger partial charge in [-0.3, -0.25) is 4.68 Å². The molecule has 0 aliphatic carbocycles. The highest BCUT2D eigenvalue weighted by atomic mass is 79.9. The van der Waals surface area contributed by atoms with Gasteiger partial charge in [0.15, 0.2) is 11.5 Å². The van der Waals surface area contributed by atoms with Crippen molar-refractivity contribution in [1.82, 2.24) is 19.7 Å². The van der Waals surface area contributed by atoms with Gasteiger partial charge < -0.3 is 10.5 Å². The third kappa shape index (κ3) is 2.32. The number of fused-ring (bicyclic) bond motifs is 1. The number of rotatable bonds is 3. The molecule has 0 amide bonds. The van der Waals surface area contributed by atoms with Crippen LogP contribution in [0.2, 0.25) is 0 Å². The lowest BCUT2D eigenvalue weighted by molar-refractivity contribution is 0.294. The highest BCUT2D eigenvalue weighted by Crippen LogP contribution is 2.24. The number of aromatic nitrogens is 4. The lowest BCUT2D eigenvalue weighted by Gasteiger charge is -2.07. The van der Waals surface area contributed by atoms with E-state index in [1.165, 1.54) is 0 Å². The van der Waals surface area contributed by atoms with Gasteiger partial charge in [0.2, 0.25) is 0 Å². The van der Waals surface area contributed by atoms with Gasteiger partial charge in [0.25, 0.3) is 0 Å². The van der Waals surface area contributed by atoms with Crippen LogP contribution in [0.3, 0.4) is 0 Å². The molecule has 0 saturated carbocycles. The van der Waals surface area contributed by atoms with Gasteiger partial charge in [-0.05, 0) is 28.1 Å². The largest absolute Gasteiger partial charge is 0.484 e. The van der Waals surface area contributed by atoms with E-state index in [2.05, 4.69) is 31.0 Å². The fourth-order valence-electron chi connectivity index (χ4n) is 1.86. The molecule has 2 N–H and O–H groups in total. The summed E-state index contributed by atoms with van der Waals surface area (Å²) in [6.45, 7) is 0.244. The van der Waals surface area contributed by atoms with Crippen molar-refractivity contribution in [2.75, 3.05) is 5.73 Å². The van der Waals surface area contributed by atoms with Crippen molar-refractivity contribution >= 4 is 32.8 Å². The maximum Gasteiger partial charge on any atom is 0.170 e. The SMILES string of the molecule is Cn1ncc2c(N)nc(COc3ccccc3Br)nc21. The van der Waals surface area contributed by atoms with Gasteiger partial charge in [-0.1, -0.05) is 12.1 Å². The second-order valence-electron chi connectivity index (χ2n) is 4.25. The summed E-state index contributed by atoms with van der Waals surface area (Å²) >= 11 is 3.42. The number of halogens is 1. The highest BCUT2D eigenvalue weighted by molar-refractivity contribution is 9.10. The van der Waals surface area contributed by atoms with Gasteiger partial charge in [0.1, 0.15) is 18.2 Å². The Bertz CT molecular complexity index is 771. The fraction of sp³-hybridized carbons (Fsp3) is 0.154. The second-order valence-corrected chi connectivity index (χ2v) is 5.10. The van der Waals surface area contributed by atoms with Crippen molar-refractivity contribution in [2.45, 2.75) is 6.61 Å². The number of ether oxygens (including phenoxy) is 1. The molecule has 7 heteroatoms. The molecule has 0 aliphatic heterocycles. The summed E-state index contributed by atoms with van der Waals surface area (Å²) in [6, 6.07) is 7.61. The zero-order valence-electron chi connectivity index (χ0n) is 10.7. The van der Waals surface area contributed by atoms with Crippen LogP contribution >= 0.6 is 15.9 Å². The molecular formula is C13H12BrN5O. The minimum absolute atomic E-state index is 0.244. The molecule has 2 aromatic heterocycles. The van der Waals surface area contributed by atoms with Crippen LogP contribution in [0.15, 0.2) is 34.9 Å². The Morgan fingerprint density at radius 2 is 2.10 bits per heavy atom. The maximum absolute atomic E-state index is 5.90. The van der Waals surface area contributed by atoms with E-state index in [4.69, 9.17) is 10.5 Å². The average Bonchev–Trinajstić information content (AvgIpc) is 2.80. The average molecular weight is 334 g/mol. The van der Waals surface area contributed by atoms with Crippen LogP contribution in [-0.2, 0) is 13.7 Å².